The third-order valence-electron chi connectivity index (χ3n) is 6.74. The zero-order valence-electron chi connectivity index (χ0n) is 18.6. The lowest BCUT2D eigenvalue weighted by molar-refractivity contribution is 1.000. The van der Waals surface area contributed by atoms with E-state index < -0.39 is 0 Å². The highest BCUT2D eigenvalue weighted by molar-refractivity contribution is 6.16. The minimum atomic E-state index is 0.733. The van der Waals surface area contributed by atoms with E-state index in [2.05, 4.69) is 93.3 Å². The van der Waals surface area contributed by atoms with Crippen molar-refractivity contribution in [2.24, 2.45) is 0 Å². The molecule has 2 aromatic heterocycles. The first-order valence-electron chi connectivity index (χ1n) is 11.6. The highest BCUT2D eigenvalue weighted by Crippen LogP contribution is 2.45. The Morgan fingerprint density at radius 2 is 1.44 bits per heavy atom. The van der Waals surface area contributed by atoms with Crippen LogP contribution in [0.4, 0.5) is 11.4 Å². The van der Waals surface area contributed by atoms with E-state index in [0.29, 0.717) is 0 Å². The Labute approximate surface area is 197 Å². The summed E-state index contributed by atoms with van der Waals surface area (Å²) in [4.78, 5) is 12.0. The summed E-state index contributed by atoms with van der Waals surface area (Å²) >= 11 is 0. The molecule has 0 spiro atoms. The lowest BCUT2D eigenvalue weighted by atomic mass is 10.1. The van der Waals surface area contributed by atoms with Crippen LogP contribution < -0.4 is 4.90 Å². The number of fused-ring (bicyclic) bond motifs is 5. The van der Waals surface area contributed by atoms with Gasteiger partial charge in [0.25, 0.3) is 0 Å². The zero-order valence-corrected chi connectivity index (χ0v) is 18.6. The van der Waals surface area contributed by atoms with Gasteiger partial charge < -0.3 is 4.90 Å². The van der Waals surface area contributed by atoms with Crippen LogP contribution in [-0.2, 0) is 6.42 Å². The lowest BCUT2D eigenvalue weighted by Crippen LogP contribution is -2.13. The summed E-state index contributed by atoms with van der Waals surface area (Å²) in [6, 6.07) is 36.1. The summed E-state index contributed by atoms with van der Waals surface area (Å²) in [5.41, 5.74) is 7.28. The number of rotatable bonds is 3. The van der Waals surface area contributed by atoms with E-state index in [0.717, 1.165) is 35.7 Å². The van der Waals surface area contributed by atoms with Crippen LogP contribution in [0.5, 0.6) is 0 Å². The Bertz CT molecular complexity index is 1650. The molecule has 0 fully saturated rings. The fourth-order valence-electron chi connectivity index (χ4n) is 5.25. The molecule has 4 heteroatoms. The maximum atomic E-state index is 4.99. The summed E-state index contributed by atoms with van der Waals surface area (Å²) in [6.07, 6.45) is 2.90. The van der Waals surface area contributed by atoms with Crippen LogP contribution in [0.15, 0.2) is 109 Å². The van der Waals surface area contributed by atoms with Gasteiger partial charge in [0.1, 0.15) is 5.82 Å². The third kappa shape index (κ3) is 2.85. The van der Waals surface area contributed by atoms with Crippen LogP contribution >= 0.6 is 0 Å². The SMILES string of the molecule is c1ccc(-c2nccc(-n3c4ccccc4c4c5c(ccc43)CCN5c3ccccc3)n2)cc1. The van der Waals surface area contributed by atoms with Crippen molar-refractivity contribution in [2.45, 2.75) is 6.42 Å². The average Bonchev–Trinajstić information content (AvgIpc) is 3.49. The molecule has 4 aromatic carbocycles. The Morgan fingerprint density at radius 3 is 2.29 bits per heavy atom. The summed E-state index contributed by atoms with van der Waals surface area (Å²) in [5.74, 6) is 1.61. The van der Waals surface area contributed by atoms with Crippen molar-refractivity contribution in [1.29, 1.82) is 0 Å². The van der Waals surface area contributed by atoms with E-state index in [1.165, 1.54) is 33.2 Å². The largest absolute Gasteiger partial charge is 0.340 e. The van der Waals surface area contributed by atoms with Crippen molar-refractivity contribution in [2.75, 3.05) is 11.4 Å². The maximum absolute atomic E-state index is 4.99. The molecule has 0 atom stereocenters. The number of aromatic nitrogens is 3. The molecule has 0 amide bonds. The second kappa shape index (κ2) is 7.56. The Morgan fingerprint density at radius 1 is 0.676 bits per heavy atom. The highest BCUT2D eigenvalue weighted by atomic mass is 15.2. The fourth-order valence-corrected chi connectivity index (χ4v) is 5.25. The van der Waals surface area contributed by atoms with E-state index in [1.54, 1.807) is 0 Å². The molecule has 0 bridgehead atoms. The van der Waals surface area contributed by atoms with E-state index >= 15 is 0 Å². The van der Waals surface area contributed by atoms with Crippen LogP contribution in [0.2, 0.25) is 0 Å². The van der Waals surface area contributed by atoms with Gasteiger partial charge in [0, 0.05) is 34.8 Å². The van der Waals surface area contributed by atoms with Crippen LogP contribution in [-0.4, -0.2) is 21.1 Å². The monoisotopic (exact) mass is 438 g/mol. The van der Waals surface area contributed by atoms with Crippen LogP contribution in [0.3, 0.4) is 0 Å². The van der Waals surface area contributed by atoms with Gasteiger partial charge in [0.05, 0.1) is 16.7 Å². The number of para-hydroxylation sites is 2. The Balaban J connectivity index is 1.51. The van der Waals surface area contributed by atoms with E-state index in [4.69, 9.17) is 4.98 Å². The molecule has 1 aliphatic heterocycles. The number of benzene rings is 4. The van der Waals surface area contributed by atoms with Gasteiger partial charge >= 0.3 is 0 Å². The van der Waals surface area contributed by atoms with Gasteiger partial charge in [-0.05, 0) is 42.3 Å². The molecule has 0 unspecified atom stereocenters. The second-order valence-electron chi connectivity index (χ2n) is 8.66. The second-order valence-corrected chi connectivity index (χ2v) is 8.66. The fraction of sp³-hybridized carbons (Fsp3) is 0.0667. The van der Waals surface area contributed by atoms with E-state index in [9.17, 15) is 0 Å². The summed E-state index contributed by atoms with van der Waals surface area (Å²) in [7, 11) is 0. The zero-order chi connectivity index (χ0) is 22.5. The smallest absolute Gasteiger partial charge is 0.161 e. The predicted octanol–water partition coefficient (Wildman–Crippen LogP) is 6.93. The van der Waals surface area contributed by atoms with Crippen molar-refractivity contribution in [1.82, 2.24) is 14.5 Å². The highest BCUT2D eigenvalue weighted by Gasteiger charge is 2.26. The number of hydrogen-bond donors (Lipinski definition) is 0. The number of nitrogens with zero attached hydrogens (tertiary/aromatic N) is 4. The normalized spacial score (nSPS) is 13.0. The van der Waals surface area contributed by atoms with E-state index in [1.807, 2.05) is 30.5 Å². The molecule has 162 valence electrons. The molecule has 0 N–H and O–H groups in total. The summed E-state index contributed by atoms with van der Waals surface area (Å²) < 4.78 is 2.28. The molecule has 6 aromatic rings. The van der Waals surface area contributed by atoms with Gasteiger partial charge in [-0.15, -0.1) is 0 Å². The maximum Gasteiger partial charge on any atom is 0.161 e. The predicted molar refractivity (Wildman–Crippen MR) is 139 cm³/mol. The lowest BCUT2D eigenvalue weighted by Gasteiger charge is -2.20. The van der Waals surface area contributed by atoms with Gasteiger partial charge in [0.2, 0.25) is 0 Å². The molecule has 0 saturated carbocycles. The standard InChI is InChI=1S/C30H22N4/c1-3-9-22(10-4-1)30-31-19-17-27(32-30)34-25-14-8-7-13-24(25)28-26(34)16-15-21-18-20-33(29(21)28)23-11-5-2-6-12-23/h1-17,19H,18,20H2. The molecule has 7 rings (SSSR count). The first kappa shape index (κ1) is 19.1. The summed E-state index contributed by atoms with van der Waals surface area (Å²) in [5, 5.41) is 2.53. The van der Waals surface area contributed by atoms with Gasteiger partial charge in [-0.1, -0.05) is 72.8 Å². The van der Waals surface area contributed by atoms with Gasteiger partial charge in [0.15, 0.2) is 5.82 Å². The minimum Gasteiger partial charge on any atom is -0.340 e. The van der Waals surface area contributed by atoms with Crippen LogP contribution in [0, 0.1) is 0 Å². The number of hydrogen-bond acceptors (Lipinski definition) is 3. The molecule has 3 heterocycles. The van der Waals surface area contributed by atoms with Crippen LogP contribution in [0.25, 0.3) is 39.0 Å². The molecule has 0 saturated heterocycles. The van der Waals surface area contributed by atoms with Crippen LogP contribution in [0.1, 0.15) is 5.56 Å². The van der Waals surface area contributed by atoms with E-state index in [-0.39, 0.29) is 0 Å². The molecule has 0 radical (unpaired) electrons. The molecular formula is C30H22N4. The molecular weight excluding hydrogens is 416 g/mol. The first-order chi connectivity index (χ1) is 16.9. The quantitative estimate of drug-likeness (QED) is 0.300. The molecule has 0 aliphatic carbocycles. The van der Waals surface area contributed by atoms with Crippen molar-refractivity contribution in [3.8, 4) is 17.2 Å². The molecule has 1 aliphatic rings. The average molecular weight is 439 g/mol. The van der Waals surface area contributed by atoms with Crippen molar-refractivity contribution < 1.29 is 0 Å². The molecule has 34 heavy (non-hydrogen) atoms. The Hall–Kier alpha value is -4.44. The van der Waals surface area contributed by atoms with Gasteiger partial charge in [-0.3, -0.25) is 4.57 Å². The Kier molecular flexibility index (Phi) is 4.24. The topological polar surface area (TPSA) is 34.0 Å². The van der Waals surface area contributed by atoms with Crippen molar-refractivity contribution in [3.63, 3.8) is 0 Å². The van der Waals surface area contributed by atoms with Gasteiger partial charge in [-0.25, -0.2) is 9.97 Å². The minimum absolute atomic E-state index is 0.733. The summed E-state index contributed by atoms with van der Waals surface area (Å²) in [6.45, 7) is 0.990. The molecule has 4 nitrogen and oxygen atoms in total. The first-order valence-corrected chi connectivity index (χ1v) is 11.6. The van der Waals surface area contributed by atoms with Crippen molar-refractivity contribution in [3.05, 3.63) is 115 Å². The number of anilines is 2. The van der Waals surface area contributed by atoms with Crippen molar-refractivity contribution >= 4 is 33.2 Å². The third-order valence-corrected chi connectivity index (χ3v) is 6.74. The van der Waals surface area contributed by atoms with Gasteiger partial charge in [-0.2, -0.15) is 0 Å².